The summed E-state index contributed by atoms with van der Waals surface area (Å²) in [5, 5.41) is 5.55. The van der Waals surface area contributed by atoms with Gasteiger partial charge < -0.3 is 15.4 Å². The molecule has 2 amide bonds. The molecule has 0 saturated carbocycles. The fourth-order valence-electron chi connectivity index (χ4n) is 1.77. The zero-order valence-electron chi connectivity index (χ0n) is 12.9. The number of nitrogens with one attached hydrogen (secondary N) is 2. The third-order valence-corrected chi connectivity index (χ3v) is 2.91. The van der Waals surface area contributed by atoms with Crippen molar-refractivity contribution in [3.63, 3.8) is 0 Å². The molecule has 2 N–H and O–H groups in total. The van der Waals surface area contributed by atoms with Gasteiger partial charge in [-0.3, -0.25) is 9.59 Å². The first-order valence-corrected chi connectivity index (χ1v) is 7.10. The average molecular weight is 302 g/mol. The number of methoxy groups -OCH3 is 1. The molecule has 1 rings (SSSR count). The van der Waals surface area contributed by atoms with Crippen molar-refractivity contribution in [2.45, 2.75) is 25.7 Å². The molecule has 22 heavy (non-hydrogen) atoms. The molecule has 0 saturated heterocycles. The standard InChI is InChI=1S/C17H22N2O3/c1-4-6-8-16(20)18-13-10-11-14(15(12-13)22-3)19-17(21)9-7-5-2/h4-5,10-12H,1-2,6-9H2,3H3,(H,18,20)(H,19,21). The maximum atomic E-state index is 11.7. The van der Waals surface area contributed by atoms with Gasteiger partial charge in [-0.15, -0.1) is 13.2 Å². The lowest BCUT2D eigenvalue weighted by Gasteiger charge is -2.12. The van der Waals surface area contributed by atoms with Crippen LogP contribution < -0.4 is 15.4 Å². The number of ether oxygens (including phenoxy) is 1. The highest BCUT2D eigenvalue weighted by Gasteiger charge is 2.09. The first-order valence-electron chi connectivity index (χ1n) is 7.10. The summed E-state index contributed by atoms with van der Waals surface area (Å²) in [6.45, 7) is 7.16. The third-order valence-electron chi connectivity index (χ3n) is 2.91. The minimum atomic E-state index is -0.110. The molecule has 0 fully saturated rings. The van der Waals surface area contributed by atoms with Gasteiger partial charge in [0.15, 0.2) is 0 Å². The number of benzene rings is 1. The Morgan fingerprint density at radius 1 is 1.09 bits per heavy atom. The molecule has 0 heterocycles. The number of rotatable bonds is 9. The summed E-state index contributed by atoms with van der Waals surface area (Å²) in [5.41, 5.74) is 1.19. The van der Waals surface area contributed by atoms with Gasteiger partial charge in [-0.1, -0.05) is 12.2 Å². The molecule has 0 aromatic heterocycles. The molecule has 0 aliphatic heterocycles. The molecule has 1 aromatic carbocycles. The molecule has 0 radical (unpaired) electrons. The van der Waals surface area contributed by atoms with Crippen molar-refractivity contribution in [1.82, 2.24) is 0 Å². The molecule has 118 valence electrons. The van der Waals surface area contributed by atoms with Crippen molar-refractivity contribution in [3.8, 4) is 5.75 Å². The van der Waals surface area contributed by atoms with E-state index in [2.05, 4.69) is 23.8 Å². The first kappa shape index (κ1) is 17.5. The van der Waals surface area contributed by atoms with Crippen molar-refractivity contribution < 1.29 is 14.3 Å². The van der Waals surface area contributed by atoms with Crippen LogP contribution in [0.4, 0.5) is 11.4 Å². The van der Waals surface area contributed by atoms with Gasteiger partial charge in [0.1, 0.15) is 5.75 Å². The highest BCUT2D eigenvalue weighted by molar-refractivity contribution is 5.94. The van der Waals surface area contributed by atoms with Crippen molar-refractivity contribution in [2.24, 2.45) is 0 Å². The van der Waals surface area contributed by atoms with Gasteiger partial charge in [0.2, 0.25) is 11.8 Å². The van der Waals surface area contributed by atoms with Crippen LogP contribution in [0.2, 0.25) is 0 Å². The number of hydrogen-bond donors (Lipinski definition) is 2. The molecule has 0 bridgehead atoms. The second kappa shape index (κ2) is 9.39. The summed E-state index contributed by atoms with van der Waals surface area (Å²) in [7, 11) is 1.51. The van der Waals surface area contributed by atoms with Crippen molar-refractivity contribution in [3.05, 3.63) is 43.5 Å². The third kappa shape index (κ3) is 5.83. The second-order valence-corrected chi connectivity index (χ2v) is 4.67. The molecular formula is C17H22N2O3. The van der Waals surface area contributed by atoms with Gasteiger partial charge in [0.25, 0.3) is 0 Å². The highest BCUT2D eigenvalue weighted by Crippen LogP contribution is 2.28. The van der Waals surface area contributed by atoms with Crippen molar-refractivity contribution in [1.29, 1.82) is 0 Å². The summed E-state index contributed by atoms with van der Waals surface area (Å²) in [5.74, 6) is 0.291. The Labute approximate surface area is 131 Å². The zero-order chi connectivity index (χ0) is 16.4. The van der Waals surface area contributed by atoms with Crippen LogP contribution in [0.3, 0.4) is 0 Å². The summed E-state index contributed by atoms with van der Waals surface area (Å²) in [6.07, 6.45) is 5.38. The molecule has 5 nitrogen and oxygen atoms in total. The summed E-state index contributed by atoms with van der Waals surface area (Å²) in [6, 6.07) is 5.10. The largest absolute Gasteiger partial charge is 0.494 e. The normalized spacial score (nSPS) is 9.68. The minimum Gasteiger partial charge on any atom is -0.494 e. The van der Waals surface area contributed by atoms with Crippen LogP contribution in [0.25, 0.3) is 0 Å². The van der Waals surface area contributed by atoms with Crippen LogP contribution in [0.5, 0.6) is 5.75 Å². The zero-order valence-corrected chi connectivity index (χ0v) is 12.9. The Bertz CT molecular complexity index is 553. The first-order chi connectivity index (χ1) is 10.6. The van der Waals surface area contributed by atoms with E-state index in [0.717, 1.165) is 0 Å². The highest BCUT2D eigenvalue weighted by atomic mass is 16.5. The van der Waals surface area contributed by atoms with Gasteiger partial charge in [0.05, 0.1) is 12.8 Å². The van der Waals surface area contributed by atoms with Crippen molar-refractivity contribution >= 4 is 23.2 Å². The number of allylic oxidation sites excluding steroid dienone is 2. The van der Waals surface area contributed by atoms with E-state index in [1.165, 1.54) is 7.11 Å². The smallest absolute Gasteiger partial charge is 0.224 e. The van der Waals surface area contributed by atoms with E-state index in [-0.39, 0.29) is 11.8 Å². The van der Waals surface area contributed by atoms with Crippen LogP contribution in [-0.2, 0) is 9.59 Å². The van der Waals surface area contributed by atoms with E-state index in [9.17, 15) is 9.59 Å². The van der Waals surface area contributed by atoms with E-state index >= 15 is 0 Å². The molecule has 1 aromatic rings. The predicted octanol–water partition coefficient (Wildman–Crippen LogP) is 3.50. The molecule has 5 heteroatoms. The fourth-order valence-corrected chi connectivity index (χ4v) is 1.77. The maximum Gasteiger partial charge on any atom is 0.224 e. The lowest BCUT2D eigenvalue weighted by Crippen LogP contribution is -2.13. The number of anilines is 2. The van der Waals surface area contributed by atoms with Gasteiger partial charge >= 0.3 is 0 Å². The Morgan fingerprint density at radius 3 is 2.23 bits per heavy atom. The Hall–Kier alpha value is -2.56. The van der Waals surface area contributed by atoms with Gasteiger partial charge in [0, 0.05) is 24.6 Å². The lowest BCUT2D eigenvalue weighted by atomic mass is 10.2. The number of carbonyl (C=O) groups excluding carboxylic acids is 2. The van der Waals surface area contributed by atoms with Crippen LogP contribution in [0, 0.1) is 0 Å². The quantitative estimate of drug-likeness (QED) is 0.686. The second-order valence-electron chi connectivity index (χ2n) is 4.67. The minimum absolute atomic E-state index is 0.0929. The van der Waals surface area contributed by atoms with Gasteiger partial charge in [-0.2, -0.15) is 0 Å². The maximum absolute atomic E-state index is 11.7. The molecule has 0 unspecified atom stereocenters. The Kier molecular flexibility index (Phi) is 7.47. The number of hydrogen-bond acceptors (Lipinski definition) is 3. The monoisotopic (exact) mass is 302 g/mol. The molecule has 0 aliphatic carbocycles. The molecule has 0 aliphatic rings. The van der Waals surface area contributed by atoms with E-state index in [4.69, 9.17) is 4.74 Å². The van der Waals surface area contributed by atoms with Crippen LogP contribution >= 0.6 is 0 Å². The summed E-state index contributed by atoms with van der Waals surface area (Å²) >= 11 is 0. The van der Waals surface area contributed by atoms with Crippen LogP contribution in [-0.4, -0.2) is 18.9 Å². The SMILES string of the molecule is C=CCCC(=O)Nc1ccc(NC(=O)CCC=C)c(OC)c1. The van der Waals surface area contributed by atoms with Gasteiger partial charge in [-0.25, -0.2) is 0 Å². The summed E-state index contributed by atoms with van der Waals surface area (Å²) in [4.78, 5) is 23.4. The van der Waals surface area contributed by atoms with Crippen LogP contribution in [0.1, 0.15) is 25.7 Å². The van der Waals surface area contributed by atoms with E-state index in [0.29, 0.717) is 42.8 Å². The Morgan fingerprint density at radius 2 is 1.68 bits per heavy atom. The molecule has 0 atom stereocenters. The number of amides is 2. The fraction of sp³-hybridized carbons (Fsp3) is 0.294. The van der Waals surface area contributed by atoms with E-state index in [1.807, 2.05) is 0 Å². The predicted molar refractivity (Wildman–Crippen MR) is 89.1 cm³/mol. The van der Waals surface area contributed by atoms with E-state index in [1.54, 1.807) is 30.4 Å². The summed E-state index contributed by atoms with van der Waals surface area (Å²) < 4.78 is 5.25. The average Bonchev–Trinajstić information content (AvgIpc) is 2.52. The molecule has 0 spiro atoms. The lowest BCUT2D eigenvalue weighted by molar-refractivity contribution is -0.117. The van der Waals surface area contributed by atoms with Gasteiger partial charge in [-0.05, 0) is 25.0 Å². The Balaban J connectivity index is 2.73. The molecular weight excluding hydrogens is 280 g/mol. The van der Waals surface area contributed by atoms with Crippen LogP contribution in [0.15, 0.2) is 43.5 Å². The van der Waals surface area contributed by atoms with Crippen molar-refractivity contribution in [2.75, 3.05) is 17.7 Å². The topological polar surface area (TPSA) is 67.4 Å². The number of carbonyl (C=O) groups is 2. The van der Waals surface area contributed by atoms with E-state index < -0.39 is 0 Å².